The minimum absolute atomic E-state index is 0.181. The lowest BCUT2D eigenvalue weighted by molar-refractivity contribution is 0.291. The average molecular weight is 1060 g/mol. The van der Waals surface area contributed by atoms with Crippen molar-refractivity contribution in [2.45, 2.75) is 164 Å². The second kappa shape index (κ2) is 21.3. The molecule has 416 valence electrons. The predicted octanol–water partition coefficient (Wildman–Crippen LogP) is 17.3. The van der Waals surface area contributed by atoms with Gasteiger partial charge in [0.25, 0.3) is 0 Å². The molecule has 79 heavy (non-hydrogen) atoms. The van der Waals surface area contributed by atoms with Crippen LogP contribution >= 0.6 is 0 Å². The van der Waals surface area contributed by atoms with Crippen LogP contribution in [0.25, 0.3) is 22.3 Å². The van der Waals surface area contributed by atoms with Crippen molar-refractivity contribution < 1.29 is 33.2 Å². The summed E-state index contributed by atoms with van der Waals surface area (Å²) in [7, 11) is 8.91. The molecule has 10 rings (SSSR count). The molecule has 0 aromatic heterocycles. The zero-order valence-electron chi connectivity index (χ0n) is 51.2. The van der Waals surface area contributed by atoms with Crippen molar-refractivity contribution in [3.8, 4) is 62.5 Å². The average Bonchev–Trinajstić information content (AvgIpc) is 3.44. The SMILES string of the molecule is COc1c2cc(C(C)(C)C)cc1Cc1cc(C(C)(C)C)cc3c1OCc1cc(C)cc(c1OC)-c1cc(C)cc(c1OC)-c1cc(C)cc(c1OC)COc1c(cc(C(C)(C)C)cc1Cc1cc(C(C)(C)C)cc(c1OC)C3)C2. The molecule has 0 fully saturated rings. The van der Waals surface area contributed by atoms with Crippen LogP contribution in [0, 0.1) is 20.8 Å². The van der Waals surface area contributed by atoms with Crippen molar-refractivity contribution in [3.63, 3.8) is 0 Å². The first-order chi connectivity index (χ1) is 37.1. The number of hydrogen-bond acceptors (Lipinski definition) is 7. The van der Waals surface area contributed by atoms with Crippen molar-refractivity contribution in [3.05, 3.63) is 180 Å². The summed E-state index contributed by atoms with van der Waals surface area (Å²) in [5, 5.41) is 0. The molecule has 0 N–H and O–H groups in total. The van der Waals surface area contributed by atoms with Crippen LogP contribution in [0.3, 0.4) is 0 Å². The van der Waals surface area contributed by atoms with Gasteiger partial charge in [0, 0.05) is 59.1 Å². The second-order valence-electron chi connectivity index (χ2n) is 26.6. The number of rotatable bonds is 5. The molecule has 0 atom stereocenters. The van der Waals surface area contributed by atoms with Crippen LogP contribution < -0.4 is 33.2 Å². The lowest BCUT2D eigenvalue weighted by atomic mass is 9.79. The molecule has 0 unspecified atom stereocenters. The summed E-state index contributed by atoms with van der Waals surface area (Å²) in [5.74, 6) is 5.59. The van der Waals surface area contributed by atoms with E-state index in [1.165, 1.54) is 22.3 Å². The maximum absolute atomic E-state index is 7.55. The Morgan fingerprint density at radius 3 is 0.747 bits per heavy atom. The Balaban J connectivity index is 1.49. The second-order valence-corrected chi connectivity index (χ2v) is 26.6. The Bertz CT molecular complexity index is 3170. The Hall–Kier alpha value is -6.86. The first kappa shape index (κ1) is 56.8. The third kappa shape index (κ3) is 11.3. The number of methoxy groups -OCH3 is 5. The highest BCUT2D eigenvalue weighted by molar-refractivity contribution is 5.89. The molecular formula is C72H86O7. The molecule has 0 saturated carbocycles. The van der Waals surface area contributed by atoms with E-state index in [0.717, 1.165) is 135 Å². The fraction of sp³-hybridized carbons (Fsp3) is 0.417. The lowest BCUT2D eigenvalue weighted by Gasteiger charge is -2.29. The van der Waals surface area contributed by atoms with E-state index in [2.05, 4.69) is 189 Å². The van der Waals surface area contributed by atoms with Crippen molar-refractivity contribution in [1.29, 1.82) is 0 Å². The lowest BCUT2D eigenvalue weighted by Crippen LogP contribution is -2.17. The van der Waals surface area contributed by atoms with Gasteiger partial charge < -0.3 is 33.2 Å². The summed E-state index contributed by atoms with van der Waals surface area (Å²) in [5.41, 5.74) is 21.6. The summed E-state index contributed by atoms with van der Waals surface area (Å²) < 4.78 is 48.1. The van der Waals surface area contributed by atoms with Crippen LogP contribution in [0.1, 0.15) is 178 Å². The van der Waals surface area contributed by atoms with E-state index in [9.17, 15) is 0 Å². The maximum Gasteiger partial charge on any atom is 0.134 e. The van der Waals surface area contributed by atoms with Crippen molar-refractivity contribution >= 4 is 0 Å². The maximum atomic E-state index is 7.55. The molecule has 7 nitrogen and oxygen atoms in total. The number of ether oxygens (including phenoxy) is 7. The minimum atomic E-state index is -0.191. The first-order valence-corrected chi connectivity index (χ1v) is 28.2. The Morgan fingerprint density at radius 2 is 0.506 bits per heavy atom. The van der Waals surface area contributed by atoms with Gasteiger partial charge in [-0.15, -0.1) is 0 Å². The van der Waals surface area contributed by atoms with Gasteiger partial charge in [-0.05, 0) is 162 Å². The van der Waals surface area contributed by atoms with E-state index in [1.807, 2.05) is 14.2 Å². The van der Waals surface area contributed by atoms with Gasteiger partial charge in [0.2, 0.25) is 0 Å². The molecule has 3 aliphatic rings. The van der Waals surface area contributed by atoms with Crippen molar-refractivity contribution in [1.82, 2.24) is 0 Å². The van der Waals surface area contributed by atoms with Gasteiger partial charge in [-0.2, -0.15) is 0 Å². The summed E-state index contributed by atoms with van der Waals surface area (Å²) in [6, 6.07) is 32.2. The number of aryl methyl sites for hydroxylation is 3. The molecule has 2 aliphatic heterocycles. The number of fused-ring (bicyclic) bond motifs is 2. The quantitative estimate of drug-likeness (QED) is 0.170. The normalized spacial score (nSPS) is 13.7. The molecule has 0 radical (unpaired) electrons. The van der Waals surface area contributed by atoms with E-state index < -0.39 is 0 Å². The molecule has 0 spiro atoms. The smallest absolute Gasteiger partial charge is 0.134 e. The summed E-state index contributed by atoms with van der Waals surface area (Å²) in [6.45, 7) is 34.5. The summed E-state index contributed by atoms with van der Waals surface area (Å²) in [6.07, 6.45) is 2.23. The monoisotopic (exact) mass is 1060 g/mol. The Labute approximate surface area is 473 Å². The van der Waals surface area contributed by atoms with Crippen LogP contribution in [0.4, 0.5) is 0 Å². The van der Waals surface area contributed by atoms with Crippen LogP contribution in [-0.2, 0) is 60.6 Å². The first-order valence-electron chi connectivity index (χ1n) is 28.2. The molecule has 1 aliphatic carbocycles. The largest absolute Gasteiger partial charge is 0.496 e. The van der Waals surface area contributed by atoms with Crippen LogP contribution in [0.15, 0.2) is 84.9 Å². The molecule has 7 aromatic carbocycles. The molecular weight excluding hydrogens is 977 g/mol. The topological polar surface area (TPSA) is 64.6 Å². The van der Waals surface area contributed by atoms with Crippen molar-refractivity contribution in [2.24, 2.45) is 0 Å². The van der Waals surface area contributed by atoms with E-state index in [0.29, 0.717) is 25.7 Å². The van der Waals surface area contributed by atoms with E-state index in [1.54, 1.807) is 21.3 Å². The van der Waals surface area contributed by atoms with Crippen LogP contribution in [-0.4, -0.2) is 35.5 Å². The van der Waals surface area contributed by atoms with E-state index >= 15 is 0 Å². The van der Waals surface area contributed by atoms with Gasteiger partial charge in [0.1, 0.15) is 53.5 Å². The molecule has 7 aromatic rings. The molecule has 0 amide bonds. The number of benzene rings is 7. The third-order valence-corrected chi connectivity index (χ3v) is 16.2. The molecule has 16 bridgehead atoms. The predicted molar refractivity (Wildman–Crippen MR) is 325 cm³/mol. The highest BCUT2D eigenvalue weighted by Crippen LogP contribution is 2.50. The Morgan fingerprint density at radius 1 is 0.278 bits per heavy atom. The van der Waals surface area contributed by atoms with Crippen molar-refractivity contribution in [2.75, 3.05) is 35.5 Å². The van der Waals surface area contributed by atoms with Gasteiger partial charge in [0.15, 0.2) is 0 Å². The minimum Gasteiger partial charge on any atom is -0.496 e. The Kier molecular flexibility index (Phi) is 15.3. The van der Waals surface area contributed by atoms with Crippen LogP contribution in [0.2, 0.25) is 0 Å². The van der Waals surface area contributed by atoms with Gasteiger partial charge >= 0.3 is 0 Å². The number of hydrogen-bond donors (Lipinski definition) is 0. The van der Waals surface area contributed by atoms with Gasteiger partial charge in [0.05, 0.1) is 35.5 Å². The fourth-order valence-corrected chi connectivity index (χ4v) is 12.0. The molecule has 0 saturated heterocycles. The highest BCUT2D eigenvalue weighted by atomic mass is 16.5. The zero-order valence-corrected chi connectivity index (χ0v) is 51.2. The molecule has 7 heteroatoms. The van der Waals surface area contributed by atoms with E-state index in [4.69, 9.17) is 33.2 Å². The van der Waals surface area contributed by atoms with Gasteiger partial charge in [-0.25, -0.2) is 0 Å². The van der Waals surface area contributed by atoms with Gasteiger partial charge in [-0.1, -0.05) is 132 Å². The van der Waals surface area contributed by atoms with E-state index in [-0.39, 0.29) is 34.9 Å². The highest BCUT2D eigenvalue weighted by Gasteiger charge is 2.31. The van der Waals surface area contributed by atoms with Crippen LogP contribution in [0.5, 0.6) is 40.2 Å². The fourth-order valence-electron chi connectivity index (χ4n) is 12.0. The molecule has 2 heterocycles. The summed E-state index contributed by atoms with van der Waals surface area (Å²) >= 11 is 0. The van der Waals surface area contributed by atoms with Gasteiger partial charge in [-0.3, -0.25) is 0 Å². The standard InChI is InChI=1S/C72H86O7/c1-41-21-52-39-78-64-48-27-44-31-54(69(4,5)6)33-46(62(44)73-16)29-50-37-57(72(13,14)15)38-51(30-47-34-55(70(7,8)9)32-45(63(47)74-17)28-49(64)36-56(35-48)71(10,11)12)65(50)79-40-53-22-42(2)24-59(67(53)76-19)61-26-43(3)25-60(68(61)77-20)58(23-41)66(52)75-18/h21-26,31-38H,27-30,39-40H2,1-20H3. The zero-order chi connectivity index (χ0) is 57.3. The third-order valence-electron chi connectivity index (χ3n) is 16.2. The summed E-state index contributed by atoms with van der Waals surface area (Å²) in [4.78, 5) is 0.